The summed E-state index contributed by atoms with van der Waals surface area (Å²) in [7, 11) is -1.25. The predicted octanol–water partition coefficient (Wildman–Crippen LogP) is 4.56. The number of fused-ring (bicyclic) bond motifs is 1. The Morgan fingerprint density at radius 2 is 1.35 bits per heavy atom. The minimum absolute atomic E-state index is 0.923. The van der Waals surface area contributed by atoms with Crippen molar-refractivity contribution in [3.63, 3.8) is 0 Å². The Morgan fingerprint density at radius 1 is 0.800 bits per heavy atom. The number of nitrogens with zero attached hydrogens (tertiary/aromatic N) is 2. The summed E-state index contributed by atoms with van der Waals surface area (Å²) >= 11 is 4.77. The molecule has 0 aliphatic heterocycles. The van der Waals surface area contributed by atoms with Crippen molar-refractivity contribution in [3.8, 4) is 11.3 Å². The van der Waals surface area contributed by atoms with Crippen LogP contribution in [0.2, 0.25) is 0 Å². The summed E-state index contributed by atoms with van der Waals surface area (Å²) in [5.41, 5.74) is 3.89. The van der Waals surface area contributed by atoms with E-state index in [1.807, 2.05) is 42.5 Å². The molecule has 0 bridgehead atoms. The van der Waals surface area contributed by atoms with Gasteiger partial charge in [-0.2, -0.15) is 9.06 Å². The van der Waals surface area contributed by atoms with Crippen LogP contribution in [0.5, 0.6) is 0 Å². The van der Waals surface area contributed by atoms with Crippen LogP contribution in [0.1, 0.15) is 0 Å². The lowest BCUT2D eigenvalue weighted by Gasteiger charge is -2.25. The number of thiol groups is 1. The molecule has 102 valence electrons. The fourth-order valence-corrected chi connectivity index (χ4v) is 3.46. The lowest BCUT2D eigenvalue weighted by molar-refractivity contribution is 1.12. The SMILES string of the molecule is CS(C)(S)c1nc2ccccc2nc1-c1ccccc1. The van der Waals surface area contributed by atoms with Crippen LogP contribution in [-0.4, -0.2) is 22.5 Å². The molecule has 0 atom stereocenters. The van der Waals surface area contributed by atoms with Crippen LogP contribution >= 0.6 is 20.7 Å². The molecule has 1 aromatic heterocycles. The zero-order valence-corrected chi connectivity index (χ0v) is 13.2. The smallest absolute Gasteiger partial charge is 0.114 e. The van der Waals surface area contributed by atoms with Crippen LogP contribution in [0, 0.1) is 0 Å². The van der Waals surface area contributed by atoms with E-state index in [2.05, 4.69) is 24.6 Å². The highest BCUT2D eigenvalue weighted by Crippen LogP contribution is 2.55. The third-order valence-corrected chi connectivity index (χ3v) is 4.81. The van der Waals surface area contributed by atoms with E-state index in [1.165, 1.54) is 0 Å². The summed E-state index contributed by atoms with van der Waals surface area (Å²) in [5, 5.41) is 0.991. The molecule has 0 spiro atoms. The second kappa shape index (κ2) is 5.11. The molecule has 0 saturated carbocycles. The predicted molar refractivity (Wildman–Crippen MR) is 91.7 cm³/mol. The zero-order valence-electron chi connectivity index (χ0n) is 11.4. The van der Waals surface area contributed by atoms with E-state index in [4.69, 9.17) is 21.6 Å². The molecule has 20 heavy (non-hydrogen) atoms. The molecular formula is C16H16N2S2. The highest BCUT2D eigenvalue weighted by atomic mass is 33.1. The van der Waals surface area contributed by atoms with Gasteiger partial charge < -0.3 is 0 Å². The fraction of sp³-hybridized carbons (Fsp3) is 0.125. The highest BCUT2D eigenvalue weighted by molar-refractivity contribution is 8.87. The van der Waals surface area contributed by atoms with Gasteiger partial charge in [0.05, 0.1) is 11.0 Å². The van der Waals surface area contributed by atoms with Gasteiger partial charge in [0.1, 0.15) is 10.7 Å². The normalized spacial score (nSPS) is 12.6. The molecule has 3 aromatic rings. The quantitative estimate of drug-likeness (QED) is 0.554. The highest BCUT2D eigenvalue weighted by Gasteiger charge is 2.19. The van der Waals surface area contributed by atoms with E-state index in [0.717, 1.165) is 27.3 Å². The summed E-state index contributed by atoms with van der Waals surface area (Å²) in [6.45, 7) is 0. The molecule has 0 unspecified atom stereocenters. The van der Waals surface area contributed by atoms with Gasteiger partial charge in [0.15, 0.2) is 0 Å². The number of rotatable bonds is 2. The first-order valence-electron chi connectivity index (χ1n) is 6.34. The van der Waals surface area contributed by atoms with Crippen molar-refractivity contribution >= 4 is 31.8 Å². The first kappa shape index (κ1) is 13.5. The third kappa shape index (κ3) is 2.53. The Morgan fingerprint density at radius 3 is 1.95 bits per heavy atom. The van der Waals surface area contributed by atoms with E-state index in [0.29, 0.717) is 0 Å². The van der Waals surface area contributed by atoms with Crippen molar-refractivity contribution in [2.45, 2.75) is 5.03 Å². The topological polar surface area (TPSA) is 25.8 Å². The van der Waals surface area contributed by atoms with Crippen molar-refractivity contribution in [2.24, 2.45) is 0 Å². The van der Waals surface area contributed by atoms with Gasteiger partial charge in [0.2, 0.25) is 0 Å². The van der Waals surface area contributed by atoms with Crippen LogP contribution in [0.3, 0.4) is 0 Å². The van der Waals surface area contributed by atoms with E-state index in [-0.39, 0.29) is 0 Å². The van der Waals surface area contributed by atoms with Crippen molar-refractivity contribution in [1.82, 2.24) is 9.97 Å². The number of para-hydroxylation sites is 2. The molecule has 0 aliphatic carbocycles. The zero-order chi connectivity index (χ0) is 14.2. The number of hydrogen-bond donors (Lipinski definition) is 1. The average molecular weight is 300 g/mol. The maximum Gasteiger partial charge on any atom is 0.114 e. The number of hydrogen-bond acceptors (Lipinski definition) is 3. The van der Waals surface area contributed by atoms with Gasteiger partial charge in [-0.05, 0) is 24.6 Å². The minimum atomic E-state index is -1.25. The lowest BCUT2D eigenvalue weighted by atomic mass is 10.1. The molecule has 0 N–H and O–H groups in total. The van der Waals surface area contributed by atoms with E-state index in [1.54, 1.807) is 0 Å². The molecule has 4 heteroatoms. The van der Waals surface area contributed by atoms with Gasteiger partial charge in [0.25, 0.3) is 0 Å². The van der Waals surface area contributed by atoms with Crippen molar-refractivity contribution < 1.29 is 0 Å². The molecule has 3 rings (SSSR count). The van der Waals surface area contributed by atoms with Gasteiger partial charge in [-0.25, -0.2) is 9.97 Å². The second-order valence-electron chi connectivity index (χ2n) is 5.01. The Labute approximate surface area is 125 Å². The Bertz CT molecular complexity index is 749. The van der Waals surface area contributed by atoms with Crippen LogP contribution < -0.4 is 0 Å². The molecule has 2 nitrogen and oxygen atoms in total. The molecular weight excluding hydrogens is 284 g/mol. The number of aromatic nitrogens is 2. The fourth-order valence-electron chi connectivity index (χ4n) is 2.12. The summed E-state index contributed by atoms with van der Waals surface area (Å²) in [4.78, 5) is 9.64. The number of benzene rings is 2. The van der Waals surface area contributed by atoms with Crippen LogP contribution in [0.4, 0.5) is 0 Å². The average Bonchev–Trinajstić information content (AvgIpc) is 2.46. The van der Waals surface area contributed by atoms with Gasteiger partial charge in [-0.1, -0.05) is 42.5 Å². The first-order valence-corrected chi connectivity index (χ1v) is 9.84. The van der Waals surface area contributed by atoms with Crippen LogP contribution in [-0.2, 0) is 0 Å². The lowest BCUT2D eigenvalue weighted by Crippen LogP contribution is -2.00. The van der Waals surface area contributed by atoms with Crippen molar-refractivity contribution in [1.29, 1.82) is 0 Å². The van der Waals surface area contributed by atoms with Gasteiger partial charge in [-0.15, -0.1) is 11.7 Å². The standard InChI is InChI=1S/C16H16N2S2/c1-20(2,19)16-15(12-8-4-3-5-9-12)17-13-10-6-7-11-14(13)18-16/h3-11,19H,1-2H3. The van der Waals surface area contributed by atoms with Gasteiger partial charge >= 0.3 is 0 Å². The van der Waals surface area contributed by atoms with E-state index < -0.39 is 9.06 Å². The van der Waals surface area contributed by atoms with Crippen molar-refractivity contribution in [3.05, 3.63) is 54.6 Å². The van der Waals surface area contributed by atoms with Crippen molar-refractivity contribution in [2.75, 3.05) is 12.5 Å². The molecule has 0 amide bonds. The maximum absolute atomic E-state index is 4.82. The first-order chi connectivity index (χ1) is 9.55. The van der Waals surface area contributed by atoms with E-state index in [9.17, 15) is 0 Å². The van der Waals surface area contributed by atoms with Crippen LogP contribution in [0.25, 0.3) is 22.3 Å². The molecule has 0 saturated heterocycles. The summed E-state index contributed by atoms with van der Waals surface area (Å²) in [6, 6.07) is 18.2. The second-order valence-corrected chi connectivity index (χ2v) is 10.7. The molecule has 0 radical (unpaired) electrons. The van der Waals surface area contributed by atoms with E-state index >= 15 is 0 Å². The molecule has 0 fully saturated rings. The van der Waals surface area contributed by atoms with Crippen LogP contribution in [0.15, 0.2) is 59.6 Å². The maximum atomic E-state index is 4.82. The third-order valence-electron chi connectivity index (χ3n) is 3.06. The Kier molecular flexibility index (Phi) is 3.44. The monoisotopic (exact) mass is 300 g/mol. The van der Waals surface area contributed by atoms with Gasteiger partial charge in [-0.3, -0.25) is 0 Å². The molecule has 1 heterocycles. The largest absolute Gasteiger partial charge is 0.243 e. The van der Waals surface area contributed by atoms with Gasteiger partial charge in [0, 0.05) is 5.56 Å². The minimum Gasteiger partial charge on any atom is -0.243 e. The summed E-state index contributed by atoms with van der Waals surface area (Å²) in [5.74, 6) is 0. The summed E-state index contributed by atoms with van der Waals surface area (Å²) < 4.78 is 0. The Balaban J connectivity index is 2.33. The Hall–Kier alpha value is -1.52. The molecule has 2 aromatic carbocycles. The summed E-state index contributed by atoms with van der Waals surface area (Å²) in [6.07, 6.45) is 4.25. The molecule has 0 aliphatic rings.